The Bertz CT molecular complexity index is 627. The Kier molecular flexibility index (Phi) is 7.35. The van der Waals surface area contributed by atoms with Gasteiger partial charge in [0.05, 0.1) is 24.3 Å². The Balaban J connectivity index is 0.000000181. The van der Waals surface area contributed by atoms with Crippen molar-refractivity contribution in [2.24, 2.45) is 0 Å². The van der Waals surface area contributed by atoms with Crippen molar-refractivity contribution in [2.75, 3.05) is 0 Å². The average Bonchev–Trinajstić information content (AvgIpc) is 3.16. The summed E-state index contributed by atoms with van der Waals surface area (Å²) in [4.78, 5) is 27.6. The Hall–Kier alpha value is -1.54. The first-order valence-electron chi connectivity index (χ1n) is 12.2. The van der Waals surface area contributed by atoms with Crippen molar-refractivity contribution >= 4 is 12.2 Å². The molecule has 4 saturated heterocycles. The molecule has 0 aromatic carbocycles. The van der Waals surface area contributed by atoms with Crippen LogP contribution in [0.3, 0.4) is 0 Å². The van der Waals surface area contributed by atoms with Gasteiger partial charge in [-0.3, -0.25) is 9.80 Å². The lowest BCUT2D eigenvalue weighted by molar-refractivity contribution is -0.0225. The number of hydrogen-bond acceptors (Lipinski definition) is 6. The van der Waals surface area contributed by atoms with Crippen LogP contribution in [-0.4, -0.2) is 79.8 Å². The van der Waals surface area contributed by atoms with Gasteiger partial charge < -0.3 is 19.7 Å². The summed E-state index contributed by atoms with van der Waals surface area (Å²) < 4.78 is 10.8. The van der Waals surface area contributed by atoms with Gasteiger partial charge in [0, 0.05) is 12.1 Å². The zero-order valence-electron chi connectivity index (χ0n) is 20.5. The van der Waals surface area contributed by atoms with E-state index in [1.165, 1.54) is 0 Å². The van der Waals surface area contributed by atoms with E-state index in [0.29, 0.717) is 0 Å². The van der Waals surface area contributed by atoms with Gasteiger partial charge in [-0.1, -0.05) is 0 Å². The van der Waals surface area contributed by atoms with E-state index in [0.717, 1.165) is 51.4 Å². The Morgan fingerprint density at radius 2 is 0.938 bits per heavy atom. The largest absolute Gasteiger partial charge is 0.444 e. The molecule has 8 heteroatoms. The van der Waals surface area contributed by atoms with Gasteiger partial charge in [0.15, 0.2) is 0 Å². The molecular formula is C24H42N2O6. The molecule has 2 N–H and O–H groups in total. The summed E-state index contributed by atoms with van der Waals surface area (Å²) in [6.07, 6.45) is 5.98. The van der Waals surface area contributed by atoms with Gasteiger partial charge in [-0.25, -0.2) is 9.59 Å². The van der Waals surface area contributed by atoms with Crippen LogP contribution in [0.4, 0.5) is 9.59 Å². The minimum atomic E-state index is -0.459. The van der Waals surface area contributed by atoms with Crippen LogP contribution in [0.15, 0.2) is 0 Å². The van der Waals surface area contributed by atoms with Crippen molar-refractivity contribution < 1.29 is 29.3 Å². The molecule has 4 fully saturated rings. The van der Waals surface area contributed by atoms with Gasteiger partial charge in [-0.15, -0.1) is 0 Å². The molecular weight excluding hydrogens is 412 g/mol. The molecule has 4 aliphatic heterocycles. The molecule has 0 radical (unpaired) electrons. The monoisotopic (exact) mass is 454 g/mol. The summed E-state index contributed by atoms with van der Waals surface area (Å²) in [7, 11) is 0. The molecule has 4 heterocycles. The van der Waals surface area contributed by atoms with E-state index in [4.69, 9.17) is 9.47 Å². The second kappa shape index (κ2) is 9.37. The minimum absolute atomic E-state index is 0.0198. The van der Waals surface area contributed by atoms with E-state index in [1.807, 2.05) is 41.5 Å². The molecule has 0 unspecified atom stereocenters. The third-order valence-corrected chi connectivity index (χ3v) is 6.78. The first-order valence-corrected chi connectivity index (χ1v) is 12.2. The standard InChI is InChI=1S/2C12H21NO3/c2*1-12(2,3)16-11(15)13-8-4-6-9(13)10(14)7-5-8/h2*8-10,14H,4-7H2,1-3H3/t2*8-,9-,10+/m10/s1. The first kappa shape index (κ1) is 25.1. The lowest BCUT2D eigenvalue weighted by Gasteiger charge is -2.38. The van der Waals surface area contributed by atoms with Gasteiger partial charge in [-0.2, -0.15) is 0 Å². The van der Waals surface area contributed by atoms with Crippen LogP contribution in [0.5, 0.6) is 0 Å². The lowest BCUT2D eigenvalue weighted by Crippen LogP contribution is -2.51. The maximum absolute atomic E-state index is 12.0. The molecule has 2 amide bonds. The van der Waals surface area contributed by atoms with E-state index in [-0.39, 0.29) is 48.6 Å². The van der Waals surface area contributed by atoms with Crippen molar-refractivity contribution in [1.29, 1.82) is 0 Å². The average molecular weight is 455 g/mol. The summed E-state index contributed by atoms with van der Waals surface area (Å²) in [6, 6.07) is 0.522. The third-order valence-electron chi connectivity index (χ3n) is 6.78. The van der Waals surface area contributed by atoms with Crippen molar-refractivity contribution in [3.63, 3.8) is 0 Å². The summed E-state index contributed by atoms with van der Waals surface area (Å²) in [5.41, 5.74) is -0.919. The minimum Gasteiger partial charge on any atom is -0.444 e. The number of carbonyl (C=O) groups is 2. The fourth-order valence-electron chi connectivity index (χ4n) is 5.46. The summed E-state index contributed by atoms with van der Waals surface area (Å²) in [6.45, 7) is 11.2. The molecule has 4 aliphatic rings. The number of nitrogens with zero attached hydrogens (tertiary/aromatic N) is 2. The van der Waals surface area contributed by atoms with Crippen molar-refractivity contribution in [2.45, 2.75) is 140 Å². The number of rotatable bonds is 0. The van der Waals surface area contributed by atoms with Crippen LogP contribution in [-0.2, 0) is 9.47 Å². The number of piperidine rings is 2. The van der Waals surface area contributed by atoms with E-state index in [1.54, 1.807) is 9.80 Å². The fraction of sp³-hybridized carbons (Fsp3) is 0.917. The maximum Gasteiger partial charge on any atom is 0.410 e. The molecule has 184 valence electrons. The Labute approximate surface area is 192 Å². The van der Waals surface area contributed by atoms with Crippen LogP contribution in [0.2, 0.25) is 0 Å². The van der Waals surface area contributed by atoms with Crippen molar-refractivity contribution in [1.82, 2.24) is 9.80 Å². The highest BCUT2D eigenvalue weighted by Gasteiger charge is 2.46. The number of amides is 2. The molecule has 0 aromatic heterocycles. The second-order valence-corrected chi connectivity index (χ2v) is 11.7. The van der Waals surface area contributed by atoms with Crippen LogP contribution >= 0.6 is 0 Å². The number of carbonyl (C=O) groups excluding carboxylic acids is 2. The highest BCUT2D eigenvalue weighted by molar-refractivity contribution is 5.70. The van der Waals surface area contributed by atoms with E-state index < -0.39 is 11.2 Å². The van der Waals surface area contributed by atoms with Gasteiger partial charge >= 0.3 is 12.2 Å². The molecule has 8 nitrogen and oxygen atoms in total. The molecule has 0 aliphatic carbocycles. The molecule has 6 atom stereocenters. The van der Waals surface area contributed by atoms with E-state index in [2.05, 4.69) is 0 Å². The SMILES string of the molecule is CC(C)(C)OC(=O)N1[C@@H]2CC[C@@H](O)[C@@H]1CC2.CC(C)(C)OC(=O)N1[C@@H]2CC[C@@H]1[C@@H](O)CC2. The van der Waals surface area contributed by atoms with Gasteiger partial charge in [0.25, 0.3) is 0 Å². The number of aliphatic hydroxyl groups excluding tert-OH is 2. The predicted molar refractivity (Wildman–Crippen MR) is 120 cm³/mol. The summed E-state index contributed by atoms with van der Waals surface area (Å²) >= 11 is 0. The van der Waals surface area contributed by atoms with Crippen LogP contribution in [0.25, 0.3) is 0 Å². The Morgan fingerprint density at radius 3 is 1.25 bits per heavy atom. The zero-order chi connectivity index (χ0) is 23.8. The van der Waals surface area contributed by atoms with Gasteiger partial charge in [0.2, 0.25) is 0 Å². The number of fused-ring (bicyclic) bond motifs is 4. The highest BCUT2D eigenvalue weighted by Crippen LogP contribution is 2.37. The van der Waals surface area contributed by atoms with Crippen molar-refractivity contribution in [3.05, 3.63) is 0 Å². The molecule has 4 bridgehead atoms. The summed E-state index contributed by atoms with van der Waals surface area (Å²) in [5.74, 6) is 0. The molecule has 0 spiro atoms. The van der Waals surface area contributed by atoms with Crippen LogP contribution in [0.1, 0.15) is 92.9 Å². The predicted octanol–water partition coefficient (Wildman–Crippen LogP) is 3.82. The number of hydrogen-bond donors (Lipinski definition) is 2. The molecule has 4 rings (SSSR count). The first-order chi connectivity index (χ1) is 14.8. The van der Waals surface area contributed by atoms with Gasteiger partial charge in [0.1, 0.15) is 11.2 Å². The topological polar surface area (TPSA) is 99.5 Å². The summed E-state index contributed by atoms with van der Waals surface area (Å²) in [5, 5.41) is 19.7. The number of ether oxygens (including phenoxy) is 2. The normalized spacial score (nSPS) is 34.0. The highest BCUT2D eigenvalue weighted by atomic mass is 16.6. The van der Waals surface area contributed by atoms with E-state index >= 15 is 0 Å². The van der Waals surface area contributed by atoms with Gasteiger partial charge in [-0.05, 0) is 92.9 Å². The maximum atomic E-state index is 12.0. The van der Waals surface area contributed by atoms with Crippen LogP contribution in [0, 0.1) is 0 Å². The smallest absolute Gasteiger partial charge is 0.410 e. The quantitative estimate of drug-likeness (QED) is 0.577. The van der Waals surface area contributed by atoms with Crippen molar-refractivity contribution in [3.8, 4) is 0 Å². The lowest BCUT2D eigenvalue weighted by atomic mass is 10.0. The molecule has 0 saturated carbocycles. The second-order valence-electron chi connectivity index (χ2n) is 11.7. The molecule has 0 aromatic rings. The Morgan fingerprint density at radius 1 is 0.625 bits per heavy atom. The number of aliphatic hydroxyl groups is 2. The zero-order valence-corrected chi connectivity index (χ0v) is 20.5. The third kappa shape index (κ3) is 5.87. The molecule has 32 heavy (non-hydrogen) atoms. The fourth-order valence-corrected chi connectivity index (χ4v) is 5.46. The van der Waals surface area contributed by atoms with E-state index in [9.17, 15) is 19.8 Å². The van der Waals surface area contributed by atoms with Crippen LogP contribution < -0.4 is 0 Å².